The fraction of sp³-hybridized carbons (Fsp3) is 0.0833. The topological polar surface area (TPSA) is 192 Å². The summed E-state index contributed by atoms with van der Waals surface area (Å²) >= 11 is 6.14. The number of nitrogens with one attached hydrogen (secondary N) is 5. The molecule has 2 rings (SSSR count). The summed E-state index contributed by atoms with van der Waals surface area (Å²) < 4.78 is 5.42. The van der Waals surface area contributed by atoms with Crippen LogP contribution in [-0.2, 0) is 4.74 Å². The van der Waals surface area contributed by atoms with Gasteiger partial charge in [-0.05, 0) is 6.07 Å². The van der Waals surface area contributed by atoms with Crippen LogP contribution in [0.15, 0.2) is 34.5 Å². The minimum Gasteiger partial charge on any atom is -0.461 e. The van der Waals surface area contributed by atoms with Gasteiger partial charge in [-0.3, -0.25) is 16.3 Å². The predicted molar refractivity (Wildman–Crippen MR) is 89.6 cm³/mol. The lowest BCUT2D eigenvalue weighted by Crippen LogP contribution is -2.39. The quantitative estimate of drug-likeness (QED) is 0.213. The monoisotopic (exact) mass is 367 g/mol. The molecular weight excluding hydrogens is 354 g/mol. The first kappa shape index (κ1) is 18.1. The molecule has 1 aliphatic heterocycles. The first-order valence-electron chi connectivity index (χ1n) is 6.66. The Balaban J connectivity index is 2.42. The van der Waals surface area contributed by atoms with Gasteiger partial charge in [-0.1, -0.05) is 29.8 Å². The average Bonchev–Trinajstić information content (AvgIpc) is 2.93. The van der Waals surface area contributed by atoms with Crippen LogP contribution in [-0.4, -0.2) is 29.4 Å². The lowest BCUT2D eigenvalue weighted by Gasteiger charge is -2.12. The molecule has 132 valence electrons. The van der Waals surface area contributed by atoms with Gasteiger partial charge in [0.15, 0.2) is 11.8 Å². The Hall–Kier alpha value is -3.22. The highest BCUT2D eigenvalue weighted by atomic mass is 35.5. The summed E-state index contributed by atoms with van der Waals surface area (Å²) in [4.78, 5) is 22.4. The summed E-state index contributed by atoms with van der Waals surface area (Å²) in [6.45, 7) is 0. The molecule has 1 aromatic carbocycles. The fourth-order valence-electron chi connectivity index (χ4n) is 1.87. The van der Waals surface area contributed by atoms with Crippen molar-refractivity contribution in [2.75, 3.05) is 0 Å². The van der Waals surface area contributed by atoms with Gasteiger partial charge in [0.1, 0.15) is 5.71 Å². The van der Waals surface area contributed by atoms with Crippen LogP contribution in [0.25, 0.3) is 0 Å². The van der Waals surface area contributed by atoms with Gasteiger partial charge in [-0.25, -0.2) is 32.1 Å². The molecule has 0 aliphatic carbocycles. The van der Waals surface area contributed by atoms with Crippen LogP contribution in [0.3, 0.4) is 0 Å². The molecule has 4 amide bonds. The van der Waals surface area contributed by atoms with Gasteiger partial charge >= 0.3 is 12.1 Å². The van der Waals surface area contributed by atoms with Crippen molar-refractivity contribution in [2.45, 2.75) is 6.10 Å². The van der Waals surface area contributed by atoms with Crippen LogP contribution in [0.1, 0.15) is 11.7 Å². The van der Waals surface area contributed by atoms with E-state index in [1.807, 2.05) is 10.9 Å². The number of nitrogens with zero attached hydrogens (tertiary/aromatic N) is 2. The molecule has 0 spiro atoms. The minimum absolute atomic E-state index is 0.0269. The molecule has 1 aromatic rings. The summed E-state index contributed by atoms with van der Waals surface area (Å²) in [5, 5.41) is 15.8. The number of benzene rings is 1. The summed E-state index contributed by atoms with van der Waals surface area (Å²) in [5.74, 6) is 9.51. The average molecular weight is 368 g/mol. The molecule has 25 heavy (non-hydrogen) atoms. The van der Waals surface area contributed by atoms with Crippen LogP contribution < -0.4 is 33.4 Å². The Kier molecular flexibility index (Phi) is 5.84. The number of hydrogen-bond acceptors (Lipinski definition) is 8. The molecule has 0 radical (unpaired) electrons. The molecule has 1 atom stereocenters. The number of urea groups is 2. The first-order chi connectivity index (χ1) is 12.0. The van der Waals surface area contributed by atoms with Crippen LogP contribution >= 0.6 is 11.6 Å². The van der Waals surface area contributed by atoms with Gasteiger partial charge in [0.2, 0.25) is 5.90 Å². The van der Waals surface area contributed by atoms with Crippen molar-refractivity contribution in [3.8, 4) is 0 Å². The van der Waals surface area contributed by atoms with Gasteiger partial charge in [0.05, 0.1) is 0 Å². The summed E-state index contributed by atoms with van der Waals surface area (Å²) in [5.41, 5.74) is 8.16. The van der Waals surface area contributed by atoms with Crippen molar-refractivity contribution in [1.29, 1.82) is 5.41 Å². The summed E-state index contributed by atoms with van der Waals surface area (Å²) in [7, 11) is 0. The van der Waals surface area contributed by atoms with E-state index < -0.39 is 24.1 Å². The van der Waals surface area contributed by atoms with E-state index in [0.29, 0.717) is 10.6 Å². The molecule has 0 saturated carbocycles. The molecule has 0 aromatic heterocycles. The standard InChI is InChI=1S/C12H14ClN9O3/c13-6-4-2-1-3-5(6)9-7(19-21-11(23)17-15)8(10(14)25-9)20-22-12(24)18-16/h1-4,9,14H,15-16H2,(H2,17,21,23)(H2,18,22,24)/b14-10?,19-7+,20-8-/t9-/m0/s1. The van der Waals surface area contributed by atoms with Gasteiger partial charge in [-0.15, -0.1) is 0 Å². The SMILES string of the molecule is N=C1O[C@@H](c2ccccc2Cl)C(=N/NC(=O)NN)/C1=N/NC(=O)NN. The van der Waals surface area contributed by atoms with Crippen LogP contribution in [0, 0.1) is 5.41 Å². The molecule has 0 bridgehead atoms. The molecule has 12 nitrogen and oxygen atoms in total. The van der Waals surface area contributed by atoms with Gasteiger partial charge < -0.3 is 4.74 Å². The Morgan fingerprint density at radius 1 is 1.12 bits per heavy atom. The van der Waals surface area contributed by atoms with Crippen molar-refractivity contribution < 1.29 is 14.3 Å². The number of hydrazone groups is 2. The number of amides is 4. The maximum Gasteiger partial charge on any atom is 0.349 e. The van der Waals surface area contributed by atoms with Gasteiger partial charge in [-0.2, -0.15) is 10.2 Å². The fourth-order valence-corrected chi connectivity index (χ4v) is 2.11. The number of rotatable bonds is 3. The third-order valence-corrected chi connectivity index (χ3v) is 3.28. The summed E-state index contributed by atoms with van der Waals surface area (Å²) in [6.07, 6.45) is -0.930. The van der Waals surface area contributed by atoms with Gasteiger partial charge in [0, 0.05) is 10.6 Å². The van der Waals surface area contributed by atoms with Crippen molar-refractivity contribution in [2.24, 2.45) is 21.9 Å². The minimum atomic E-state index is -0.930. The molecule has 13 heteroatoms. The third kappa shape index (κ3) is 4.20. The number of hydrogen-bond donors (Lipinski definition) is 7. The second kappa shape index (κ2) is 8.05. The molecule has 0 unspecified atom stereocenters. The molecule has 1 heterocycles. The maximum atomic E-state index is 11.3. The second-order valence-electron chi connectivity index (χ2n) is 4.48. The zero-order valence-corrected chi connectivity index (χ0v) is 13.3. The Morgan fingerprint density at radius 2 is 1.72 bits per heavy atom. The molecule has 9 N–H and O–H groups in total. The van der Waals surface area contributed by atoms with Crippen molar-refractivity contribution in [3.63, 3.8) is 0 Å². The van der Waals surface area contributed by atoms with E-state index in [0.717, 1.165) is 0 Å². The third-order valence-electron chi connectivity index (χ3n) is 2.94. The smallest absolute Gasteiger partial charge is 0.349 e. The number of carbonyl (C=O) groups excluding carboxylic acids is 2. The zero-order valence-electron chi connectivity index (χ0n) is 12.5. The molecule has 1 fully saturated rings. The number of carbonyl (C=O) groups is 2. The summed E-state index contributed by atoms with van der Waals surface area (Å²) in [6, 6.07) is 5.06. The highest BCUT2D eigenvalue weighted by Gasteiger charge is 2.38. The van der Waals surface area contributed by atoms with E-state index in [1.165, 1.54) is 0 Å². The lowest BCUT2D eigenvalue weighted by molar-refractivity contribution is 0.240. The Morgan fingerprint density at radius 3 is 2.32 bits per heavy atom. The number of ether oxygens (including phenoxy) is 1. The number of halogens is 1. The van der Waals surface area contributed by atoms with Crippen LogP contribution in [0.5, 0.6) is 0 Å². The second-order valence-corrected chi connectivity index (χ2v) is 4.88. The number of nitrogens with two attached hydrogens (primary N) is 2. The normalized spacial score (nSPS) is 19.5. The molecule has 1 saturated heterocycles. The molecular formula is C12H14ClN9O3. The van der Waals surface area contributed by atoms with Crippen molar-refractivity contribution in [3.05, 3.63) is 34.9 Å². The van der Waals surface area contributed by atoms with E-state index >= 15 is 0 Å². The van der Waals surface area contributed by atoms with Crippen LogP contribution in [0.2, 0.25) is 5.02 Å². The van der Waals surface area contributed by atoms with E-state index in [2.05, 4.69) is 15.6 Å². The van der Waals surface area contributed by atoms with Crippen LogP contribution in [0.4, 0.5) is 9.59 Å². The number of hydrazine groups is 2. The Labute approximate surface area is 146 Å². The van der Waals surface area contributed by atoms with Gasteiger partial charge in [0.25, 0.3) is 0 Å². The van der Waals surface area contributed by atoms with Crippen molar-refractivity contribution >= 4 is 41.0 Å². The lowest BCUT2D eigenvalue weighted by atomic mass is 10.0. The van der Waals surface area contributed by atoms with E-state index in [9.17, 15) is 9.59 Å². The zero-order chi connectivity index (χ0) is 18.4. The highest BCUT2D eigenvalue weighted by molar-refractivity contribution is 6.69. The molecule has 1 aliphatic rings. The highest BCUT2D eigenvalue weighted by Crippen LogP contribution is 2.31. The first-order valence-corrected chi connectivity index (χ1v) is 7.04. The largest absolute Gasteiger partial charge is 0.461 e. The van der Waals surface area contributed by atoms with E-state index in [4.69, 9.17) is 33.4 Å². The maximum absolute atomic E-state index is 11.3. The van der Waals surface area contributed by atoms with E-state index in [-0.39, 0.29) is 11.4 Å². The predicted octanol–water partition coefficient (Wildman–Crippen LogP) is -0.554. The van der Waals surface area contributed by atoms with Crippen molar-refractivity contribution in [1.82, 2.24) is 21.7 Å². The van der Waals surface area contributed by atoms with E-state index in [1.54, 1.807) is 29.7 Å². The Bertz CT molecular complexity index is 764.